The third-order valence-electron chi connectivity index (χ3n) is 4.18. The van der Waals surface area contributed by atoms with Crippen LogP contribution in [0.3, 0.4) is 0 Å². The molecule has 1 unspecified atom stereocenters. The van der Waals surface area contributed by atoms with Crippen molar-refractivity contribution in [2.75, 3.05) is 5.32 Å². The van der Waals surface area contributed by atoms with Gasteiger partial charge in [-0.1, -0.05) is 41.9 Å². The van der Waals surface area contributed by atoms with E-state index in [1.165, 1.54) is 12.3 Å². The van der Waals surface area contributed by atoms with E-state index in [9.17, 15) is 13.2 Å². The second kappa shape index (κ2) is 8.69. The molecule has 2 aromatic carbocycles. The van der Waals surface area contributed by atoms with Crippen LogP contribution in [0.15, 0.2) is 70.2 Å². The third-order valence-corrected chi connectivity index (χ3v) is 5.56. The summed E-state index contributed by atoms with van der Waals surface area (Å²) < 4.78 is 34.5. The van der Waals surface area contributed by atoms with Crippen LogP contribution in [0.4, 0.5) is 5.69 Å². The maximum Gasteiger partial charge on any atom is 0.340 e. The van der Waals surface area contributed by atoms with E-state index in [1.807, 2.05) is 30.3 Å². The second-order valence-electron chi connectivity index (χ2n) is 6.26. The number of primary sulfonamides is 1. The molecule has 0 saturated carbocycles. The largest absolute Gasteiger partial charge is 0.467 e. The van der Waals surface area contributed by atoms with E-state index in [-0.39, 0.29) is 22.0 Å². The molecule has 152 valence electrons. The van der Waals surface area contributed by atoms with Crippen LogP contribution in [-0.2, 0) is 21.3 Å². The van der Waals surface area contributed by atoms with E-state index in [2.05, 4.69) is 5.32 Å². The van der Waals surface area contributed by atoms with Gasteiger partial charge in [-0.2, -0.15) is 0 Å². The molecule has 0 aliphatic carbocycles. The number of ether oxygens (including phenoxy) is 1. The number of sulfonamides is 1. The van der Waals surface area contributed by atoms with Gasteiger partial charge in [0, 0.05) is 0 Å². The molecule has 0 spiro atoms. The smallest absolute Gasteiger partial charge is 0.340 e. The summed E-state index contributed by atoms with van der Waals surface area (Å²) in [5.74, 6) is -0.0986. The summed E-state index contributed by atoms with van der Waals surface area (Å²) >= 11 is 6.08. The van der Waals surface area contributed by atoms with Crippen molar-refractivity contribution < 1.29 is 22.4 Å². The van der Waals surface area contributed by atoms with E-state index in [0.717, 1.165) is 11.6 Å². The predicted molar refractivity (Wildman–Crippen MR) is 109 cm³/mol. The number of nitrogens with one attached hydrogen (secondary N) is 1. The average Bonchev–Trinajstić information content (AvgIpc) is 3.19. The number of carbonyl (C=O) groups is 1. The monoisotopic (exact) mass is 434 g/mol. The first-order valence-electron chi connectivity index (χ1n) is 8.64. The van der Waals surface area contributed by atoms with Crippen LogP contribution in [0.1, 0.15) is 34.7 Å². The molecule has 3 rings (SSSR count). The zero-order chi connectivity index (χ0) is 21.0. The third kappa shape index (κ3) is 5.17. The zero-order valence-electron chi connectivity index (χ0n) is 15.5. The van der Waals surface area contributed by atoms with Crippen molar-refractivity contribution in [2.45, 2.75) is 24.5 Å². The summed E-state index contributed by atoms with van der Waals surface area (Å²) in [7, 11) is -4.13. The molecular formula is C20H19ClN2O5S. The summed E-state index contributed by atoms with van der Waals surface area (Å²) in [6.07, 6.45) is 0.973. The predicted octanol–water partition coefficient (Wildman–Crippen LogP) is 4.11. The van der Waals surface area contributed by atoms with Crippen molar-refractivity contribution in [1.82, 2.24) is 0 Å². The summed E-state index contributed by atoms with van der Waals surface area (Å²) in [6.45, 7) is 1.98. The van der Waals surface area contributed by atoms with Crippen molar-refractivity contribution >= 4 is 33.3 Å². The van der Waals surface area contributed by atoms with Crippen molar-refractivity contribution in [2.24, 2.45) is 5.14 Å². The SMILES string of the molecule is CC(OC(=O)c1cc(S(N)(=O)=O)c(Cl)cc1NCc1ccco1)c1ccccc1. The highest BCUT2D eigenvalue weighted by Gasteiger charge is 2.23. The number of benzene rings is 2. The Hall–Kier alpha value is -2.81. The Morgan fingerprint density at radius 2 is 1.93 bits per heavy atom. The van der Waals surface area contributed by atoms with Crippen molar-refractivity contribution in [3.05, 3.63) is 82.8 Å². The van der Waals surface area contributed by atoms with Crippen molar-refractivity contribution in [3.8, 4) is 0 Å². The highest BCUT2D eigenvalue weighted by Crippen LogP contribution is 2.30. The molecule has 29 heavy (non-hydrogen) atoms. The normalized spacial score (nSPS) is 12.4. The number of hydrogen-bond acceptors (Lipinski definition) is 6. The Balaban J connectivity index is 1.93. The fourth-order valence-corrected chi connectivity index (χ4v) is 3.80. The molecule has 7 nitrogen and oxygen atoms in total. The molecular weight excluding hydrogens is 416 g/mol. The summed E-state index contributed by atoms with van der Waals surface area (Å²) in [6, 6.07) is 15.1. The van der Waals surface area contributed by atoms with Gasteiger partial charge in [0.15, 0.2) is 0 Å². The summed E-state index contributed by atoms with van der Waals surface area (Å²) in [5, 5.41) is 8.13. The lowest BCUT2D eigenvalue weighted by Crippen LogP contribution is -2.17. The molecule has 3 N–H and O–H groups in total. The molecule has 1 heterocycles. The van der Waals surface area contributed by atoms with Gasteiger partial charge in [-0.3, -0.25) is 0 Å². The van der Waals surface area contributed by atoms with Crippen LogP contribution in [0.25, 0.3) is 0 Å². The van der Waals surface area contributed by atoms with Gasteiger partial charge in [0.25, 0.3) is 0 Å². The maximum atomic E-state index is 12.8. The summed E-state index contributed by atoms with van der Waals surface area (Å²) in [4.78, 5) is 12.5. The Kier molecular flexibility index (Phi) is 6.26. The molecule has 0 fully saturated rings. The van der Waals surface area contributed by atoms with Gasteiger partial charge >= 0.3 is 5.97 Å². The van der Waals surface area contributed by atoms with E-state index >= 15 is 0 Å². The topological polar surface area (TPSA) is 112 Å². The van der Waals surface area contributed by atoms with Crippen LogP contribution < -0.4 is 10.5 Å². The van der Waals surface area contributed by atoms with Gasteiger partial charge in [0.1, 0.15) is 16.8 Å². The molecule has 0 aliphatic rings. The number of nitrogens with two attached hydrogens (primary N) is 1. The number of halogens is 1. The van der Waals surface area contributed by atoms with Crippen LogP contribution in [-0.4, -0.2) is 14.4 Å². The van der Waals surface area contributed by atoms with Gasteiger partial charge in [-0.25, -0.2) is 18.4 Å². The number of anilines is 1. The van der Waals surface area contributed by atoms with Crippen LogP contribution in [0.2, 0.25) is 5.02 Å². The molecule has 9 heteroatoms. The minimum absolute atomic E-state index is 0.00670. The fraction of sp³-hybridized carbons (Fsp3) is 0.150. The molecule has 1 aromatic heterocycles. The molecule has 0 bridgehead atoms. The van der Waals surface area contributed by atoms with Crippen LogP contribution in [0.5, 0.6) is 0 Å². The first kappa shape index (κ1) is 20.9. The standard InChI is InChI=1S/C20H19ClN2O5S/c1-13(14-6-3-2-4-7-14)28-20(24)16-10-19(29(22,25)26)17(21)11-18(16)23-12-15-8-5-9-27-15/h2-11,13,23H,12H2,1H3,(H2,22,25,26). The average molecular weight is 435 g/mol. The Bertz CT molecular complexity index is 1100. The van der Waals surface area contributed by atoms with Crippen molar-refractivity contribution in [1.29, 1.82) is 0 Å². The minimum atomic E-state index is -4.13. The van der Waals surface area contributed by atoms with E-state index in [0.29, 0.717) is 11.4 Å². The van der Waals surface area contributed by atoms with Crippen LogP contribution in [0, 0.1) is 0 Å². The van der Waals surface area contributed by atoms with Crippen LogP contribution >= 0.6 is 11.6 Å². The van der Waals surface area contributed by atoms with Crippen molar-refractivity contribution in [3.63, 3.8) is 0 Å². The second-order valence-corrected chi connectivity index (χ2v) is 8.20. The molecule has 0 radical (unpaired) electrons. The van der Waals surface area contributed by atoms with E-state index in [1.54, 1.807) is 19.1 Å². The van der Waals surface area contributed by atoms with Gasteiger partial charge in [0.2, 0.25) is 10.0 Å². The number of hydrogen-bond donors (Lipinski definition) is 2. The van der Waals surface area contributed by atoms with Gasteiger partial charge < -0.3 is 14.5 Å². The first-order valence-corrected chi connectivity index (χ1v) is 10.6. The van der Waals surface area contributed by atoms with Gasteiger partial charge in [0.05, 0.1) is 29.1 Å². The molecule has 0 amide bonds. The Morgan fingerprint density at radius 3 is 2.55 bits per heavy atom. The minimum Gasteiger partial charge on any atom is -0.467 e. The lowest BCUT2D eigenvalue weighted by atomic mass is 10.1. The molecule has 0 aliphatic heterocycles. The zero-order valence-corrected chi connectivity index (χ0v) is 17.0. The fourth-order valence-electron chi connectivity index (χ4n) is 2.70. The number of rotatable bonds is 7. The summed E-state index contributed by atoms with van der Waals surface area (Å²) in [5.41, 5.74) is 1.09. The highest BCUT2D eigenvalue weighted by molar-refractivity contribution is 7.89. The molecule has 0 saturated heterocycles. The van der Waals surface area contributed by atoms with Gasteiger partial charge in [-0.05, 0) is 36.8 Å². The maximum absolute atomic E-state index is 12.8. The van der Waals surface area contributed by atoms with E-state index in [4.69, 9.17) is 25.9 Å². The highest BCUT2D eigenvalue weighted by atomic mass is 35.5. The molecule has 3 aromatic rings. The lowest BCUT2D eigenvalue weighted by Gasteiger charge is -2.17. The number of esters is 1. The number of furan rings is 1. The first-order chi connectivity index (χ1) is 13.8. The van der Waals surface area contributed by atoms with E-state index < -0.39 is 22.1 Å². The Morgan fingerprint density at radius 1 is 1.21 bits per heavy atom. The van der Waals surface area contributed by atoms with Gasteiger partial charge in [-0.15, -0.1) is 0 Å². The lowest BCUT2D eigenvalue weighted by molar-refractivity contribution is 0.0338. The number of carbonyl (C=O) groups excluding carboxylic acids is 1. The Labute approximate surface area is 173 Å². The molecule has 1 atom stereocenters. The quantitative estimate of drug-likeness (QED) is 0.541.